The van der Waals surface area contributed by atoms with E-state index >= 15 is 0 Å². The summed E-state index contributed by atoms with van der Waals surface area (Å²) in [6.45, 7) is 2.42. The van der Waals surface area contributed by atoms with Crippen LogP contribution in [0.25, 0.3) is 0 Å². The molecule has 2 aliphatic carbocycles. The summed E-state index contributed by atoms with van der Waals surface area (Å²) in [5.74, 6) is 0.991. The van der Waals surface area contributed by atoms with E-state index in [2.05, 4.69) is 19.1 Å². The molecule has 1 unspecified atom stereocenters. The van der Waals surface area contributed by atoms with Gasteiger partial charge in [0, 0.05) is 0 Å². The first-order valence-electron chi connectivity index (χ1n) is 5.46. The lowest BCUT2D eigenvalue weighted by Crippen LogP contribution is -2.15. The van der Waals surface area contributed by atoms with E-state index in [9.17, 15) is 0 Å². The Morgan fingerprint density at radius 3 is 2.58 bits per heavy atom. The van der Waals surface area contributed by atoms with Gasteiger partial charge in [-0.05, 0) is 37.0 Å². The topological polar surface area (TPSA) is 0 Å². The summed E-state index contributed by atoms with van der Waals surface area (Å²) in [7, 11) is 0. The summed E-state index contributed by atoms with van der Waals surface area (Å²) in [6, 6.07) is 0. The standard InChI is InChI=1S/C12H20/c1-11-5-4-9-12(10-6-11)7-2-3-8-12/h2-3,11H,4-10H2,1H3. The van der Waals surface area contributed by atoms with Crippen molar-refractivity contribution in [3.63, 3.8) is 0 Å². The summed E-state index contributed by atoms with van der Waals surface area (Å²) in [6.07, 6.45) is 14.9. The maximum Gasteiger partial charge on any atom is -0.0228 e. The molecule has 1 atom stereocenters. The highest BCUT2D eigenvalue weighted by Gasteiger charge is 2.32. The molecule has 0 amide bonds. The van der Waals surface area contributed by atoms with E-state index < -0.39 is 0 Å². The summed E-state index contributed by atoms with van der Waals surface area (Å²) in [4.78, 5) is 0. The smallest absolute Gasteiger partial charge is 0.0228 e. The average molecular weight is 164 g/mol. The van der Waals surface area contributed by atoms with Gasteiger partial charge in [-0.2, -0.15) is 0 Å². The highest BCUT2D eigenvalue weighted by molar-refractivity contribution is 5.03. The van der Waals surface area contributed by atoms with Gasteiger partial charge in [-0.1, -0.05) is 38.3 Å². The molecule has 1 saturated carbocycles. The molecule has 0 N–H and O–H groups in total. The Hall–Kier alpha value is -0.260. The van der Waals surface area contributed by atoms with E-state index in [4.69, 9.17) is 0 Å². The van der Waals surface area contributed by atoms with Crippen LogP contribution in [-0.4, -0.2) is 0 Å². The third-order valence-electron chi connectivity index (χ3n) is 3.84. The zero-order valence-electron chi connectivity index (χ0n) is 8.18. The molecule has 0 bridgehead atoms. The van der Waals surface area contributed by atoms with Crippen LogP contribution in [0.4, 0.5) is 0 Å². The third kappa shape index (κ3) is 1.57. The molecule has 0 aromatic rings. The molecule has 0 heterocycles. The maximum absolute atomic E-state index is 2.42. The molecule has 0 saturated heterocycles. The molecular weight excluding hydrogens is 144 g/mol. The Morgan fingerprint density at radius 1 is 1.08 bits per heavy atom. The molecule has 1 spiro atoms. The average Bonchev–Trinajstić information content (AvgIpc) is 2.42. The molecule has 12 heavy (non-hydrogen) atoms. The number of hydrogen-bond donors (Lipinski definition) is 0. The van der Waals surface area contributed by atoms with Gasteiger partial charge in [0.1, 0.15) is 0 Å². The highest BCUT2D eigenvalue weighted by atomic mass is 14.4. The summed E-state index contributed by atoms with van der Waals surface area (Å²) >= 11 is 0. The Labute approximate surface area is 76.1 Å². The summed E-state index contributed by atoms with van der Waals surface area (Å²) in [5.41, 5.74) is 0.727. The molecule has 0 heteroatoms. The van der Waals surface area contributed by atoms with Crippen molar-refractivity contribution < 1.29 is 0 Å². The zero-order valence-corrected chi connectivity index (χ0v) is 8.18. The van der Waals surface area contributed by atoms with E-state index in [1.54, 1.807) is 0 Å². The molecule has 2 aliphatic rings. The van der Waals surface area contributed by atoms with Crippen molar-refractivity contribution in [1.29, 1.82) is 0 Å². The predicted molar refractivity (Wildman–Crippen MR) is 53.1 cm³/mol. The first kappa shape index (κ1) is 8.34. The van der Waals surface area contributed by atoms with Gasteiger partial charge in [0.15, 0.2) is 0 Å². The fraction of sp³-hybridized carbons (Fsp3) is 0.833. The van der Waals surface area contributed by atoms with Gasteiger partial charge in [0.05, 0.1) is 0 Å². The molecule has 2 rings (SSSR count). The van der Waals surface area contributed by atoms with Crippen LogP contribution in [0.1, 0.15) is 51.9 Å². The highest BCUT2D eigenvalue weighted by Crippen LogP contribution is 2.45. The van der Waals surface area contributed by atoms with Gasteiger partial charge in [-0.25, -0.2) is 0 Å². The minimum atomic E-state index is 0.727. The summed E-state index contributed by atoms with van der Waals surface area (Å²) < 4.78 is 0. The molecule has 1 fully saturated rings. The fourth-order valence-corrected chi connectivity index (χ4v) is 2.81. The van der Waals surface area contributed by atoms with Crippen LogP contribution < -0.4 is 0 Å². The van der Waals surface area contributed by atoms with Crippen molar-refractivity contribution in [1.82, 2.24) is 0 Å². The maximum atomic E-state index is 2.42. The van der Waals surface area contributed by atoms with Gasteiger partial charge >= 0.3 is 0 Å². The van der Waals surface area contributed by atoms with Crippen LogP contribution in [0, 0.1) is 11.3 Å². The minimum Gasteiger partial charge on any atom is -0.0880 e. The van der Waals surface area contributed by atoms with Crippen LogP contribution in [0.15, 0.2) is 12.2 Å². The number of rotatable bonds is 0. The Bertz CT molecular complexity index is 170. The van der Waals surface area contributed by atoms with Crippen molar-refractivity contribution in [3.8, 4) is 0 Å². The molecule has 0 aliphatic heterocycles. The first-order valence-corrected chi connectivity index (χ1v) is 5.46. The van der Waals surface area contributed by atoms with Crippen LogP contribution >= 0.6 is 0 Å². The van der Waals surface area contributed by atoms with Crippen LogP contribution in [0.2, 0.25) is 0 Å². The lowest BCUT2D eigenvalue weighted by molar-refractivity contribution is 0.262. The van der Waals surface area contributed by atoms with Crippen LogP contribution in [0.5, 0.6) is 0 Å². The quantitative estimate of drug-likeness (QED) is 0.476. The van der Waals surface area contributed by atoms with Crippen molar-refractivity contribution in [2.45, 2.75) is 51.9 Å². The Kier molecular flexibility index (Phi) is 2.25. The molecule has 0 aromatic carbocycles. The number of allylic oxidation sites excluding steroid dienone is 2. The van der Waals surface area contributed by atoms with E-state index in [-0.39, 0.29) is 0 Å². The molecule has 68 valence electrons. The van der Waals surface area contributed by atoms with Crippen molar-refractivity contribution >= 4 is 0 Å². The van der Waals surface area contributed by atoms with E-state index in [1.165, 1.54) is 44.9 Å². The van der Waals surface area contributed by atoms with E-state index in [1.807, 2.05) is 0 Å². The van der Waals surface area contributed by atoms with Gasteiger partial charge in [0.2, 0.25) is 0 Å². The van der Waals surface area contributed by atoms with Gasteiger partial charge in [-0.15, -0.1) is 0 Å². The lowest BCUT2D eigenvalue weighted by Gasteiger charge is -2.27. The van der Waals surface area contributed by atoms with E-state index in [0.717, 1.165) is 11.3 Å². The van der Waals surface area contributed by atoms with Crippen molar-refractivity contribution in [3.05, 3.63) is 12.2 Å². The van der Waals surface area contributed by atoms with Crippen LogP contribution in [0.3, 0.4) is 0 Å². The van der Waals surface area contributed by atoms with E-state index in [0.29, 0.717) is 0 Å². The minimum absolute atomic E-state index is 0.727. The predicted octanol–water partition coefficient (Wildman–Crippen LogP) is 3.92. The molecule has 0 nitrogen and oxygen atoms in total. The normalized spacial score (nSPS) is 33.9. The zero-order chi connectivity index (χ0) is 8.44. The molecule has 0 aromatic heterocycles. The lowest BCUT2D eigenvalue weighted by atomic mass is 9.78. The Balaban J connectivity index is 1.98. The Morgan fingerprint density at radius 2 is 1.83 bits per heavy atom. The molecule has 0 radical (unpaired) electrons. The van der Waals surface area contributed by atoms with Crippen molar-refractivity contribution in [2.24, 2.45) is 11.3 Å². The van der Waals surface area contributed by atoms with Gasteiger partial charge in [0.25, 0.3) is 0 Å². The van der Waals surface area contributed by atoms with Crippen LogP contribution in [-0.2, 0) is 0 Å². The van der Waals surface area contributed by atoms with Gasteiger partial charge in [-0.3, -0.25) is 0 Å². The monoisotopic (exact) mass is 164 g/mol. The SMILES string of the molecule is CC1CCCC2(CC=CC2)CC1. The van der Waals surface area contributed by atoms with Crippen molar-refractivity contribution in [2.75, 3.05) is 0 Å². The largest absolute Gasteiger partial charge is 0.0880 e. The summed E-state index contributed by atoms with van der Waals surface area (Å²) in [5, 5.41) is 0. The van der Waals surface area contributed by atoms with Gasteiger partial charge < -0.3 is 0 Å². The fourth-order valence-electron chi connectivity index (χ4n) is 2.81. The third-order valence-corrected chi connectivity index (χ3v) is 3.84. The second-order valence-electron chi connectivity index (χ2n) is 4.92. The number of hydrogen-bond acceptors (Lipinski definition) is 0. The second-order valence-corrected chi connectivity index (χ2v) is 4.92. The second kappa shape index (κ2) is 3.24. The first-order chi connectivity index (χ1) is 5.81. The molecular formula is C12H20.